The molecule has 0 saturated carbocycles. The highest BCUT2D eigenvalue weighted by atomic mass is 16.5. The van der Waals surface area contributed by atoms with Crippen LogP contribution in [0.25, 0.3) is 0 Å². The number of para-hydroxylation sites is 3. The van der Waals surface area contributed by atoms with E-state index in [1.807, 2.05) is 35.0 Å². The highest BCUT2D eigenvalue weighted by Crippen LogP contribution is 2.41. The first-order valence-electron chi connectivity index (χ1n) is 11.5. The summed E-state index contributed by atoms with van der Waals surface area (Å²) in [5.41, 5.74) is 1.81. The fourth-order valence-electron chi connectivity index (χ4n) is 4.58. The average molecular weight is 467 g/mol. The third kappa shape index (κ3) is 4.52. The maximum absolute atomic E-state index is 5.83. The molecule has 2 heterocycles. The number of rotatable bonds is 7. The number of nitrogens with zero attached hydrogens (tertiary/aromatic N) is 6. The van der Waals surface area contributed by atoms with Gasteiger partial charge >= 0.3 is 0 Å². The van der Waals surface area contributed by atoms with E-state index in [-0.39, 0.29) is 11.6 Å². The number of anilines is 1. The molecule has 1 atom stereocenters. The lowest BCUT2D eigenvalue weighted by Gasteiger charge is -2.41. The lowest BCUT2D eigenvalue weighted by Crippen LogP contribution is -2.49. The summed E-state index contributed by atoms with van der Waals surface area (Å²) in [7, 11) is 5.04. The molecular weight excluding hydrogens is 432 g/mol. The molecule has 9 heteroatoms. The molecule has 0 radical (unpaired) electrons. The van der Waals surface area contributed by atoms with E-state index in [1.165, 1.54) is 0 Å². The van der Waals surface area contributed by atoms with Crippen LogP contribution >= 0.6 is 0 Å². The molecule has 3 aromatic rings. The minimum atomic E-state index is -0.275. The number of piperazine rings is 1. The number of benzene rings is 2. The Morgan fingerprint density at radius 2 is 1.50 bits per heavy atom. The molecule has 182 valence electrons. The van der Waals surface area contributed by atoms with Crippen molar-refractivity contribution in [2.45, 2.75) is 32.4 Å². The Kier molecular flexibility index (Phi) is 6.92. The van der Waals surface area contributed by atoms with Crippen LogP contribution in [-0.4, -0.2) is 72.6 Å². The zero-order valence-electron chi connectivity index (χ0n) is 20.9. The second kappa shape index (κ2) is 9.89. The van der Waals surface area contributed by atoms with Crippen LogP contribution < -0.4 is 19.1 Å². The molecule has 1 aliphatic heterocycles. The van der Waals surface area contributed by atoms with Gasteiger partial charge in [-0.3, -0.25) is 4.90 Å². The SMILES string of the molecule is COc1ccccc1N1CCN([C@H](c2cccc(OC)c2OC)c2nnnn2C(C)(C)C)CC1. The molecule has 0 bridgehead atoms. The largest absolute Gasteiger partial charge is 0.495 e. The third-order valence-electron chi connectivity index (χ3n) is 6.21. The second-order valence-corrected chi connectivity index (χ2v) is 9.30. The van der Waals surface area contributed by atoms with Crippen LogP contribution in [0.15, 0.2) is 42.5 Å². The van der Waals surface area contributed by atoms with E-state index >= 15 is 0 Å². The van der Waals surface area contributed by atoms with Crippen LogP contribution in [0.3, 0.4) is 0 Å². The number of hydrogen-bond acceptors (Lipinski definition) is 8. The van der Waals surface area contributed by atoms with Crippen molar-refractivity contribution in [3.63, 3.8) is 0 Å². The predicted molar refractivity (Wildman–Crippen MR) is 131 cm³/mol. The van der Waals surface area contributed by atoms with Crippen molar-refractivity contribution >= 4 is 5.69 Å². The van der Waals surface area contributed by atoms with Crippen molar-refractivity contribution in [2.75, 3.05) is 52.4 Å². The van der Waals surface area contributed by atoms with Crippen LogP contribution in [0.2, 0.25) is 0 Å². The Bertz CT molecular complexity index is 1100. The van der Waals surface area contributed by atoms with Gasteiger partial charge in [-0.25, -0.2) is 4.68 Å². The molecule has 1 aromatic heterocycles. The van der Waals surface area contributed by atoms with Gasteiger partial charge in [-0.1, -0.05) is 24.3 Å². The summed E-state index contributed by atoms with van der Waals surface area (Å²) in [6.45, 7) is 9.64. The first-order valence-corrected chi connectivity index (χ1v) is 11.5. The standard InChI is InChI=1S/C25H34N6O3/c1-25(2,3)31-24(26-27-28-31)22(18-10-9-13-21(33-5)23(18)34-6)30-16-14-29(15-17-30)19-11-7-8-12-20(19)32-4/h7-13,22H,14-17H2,1-6H3/t22-/m1/s1. The van der Waals surface area contributed by atoms with Crippen molar-refractivity contribution in [1.29, 1.82) is 0 Å². The van der Waals surface area contributed by atoms with Gasteiger partial charge in [0.25, 0.3) is 0 Å². The first-order chi connectivity index (χ1) is 16.4. The number of tetrazole rings is 1. The quantitative estimate of drug-likeness (QED) is 0.525. The van der Waals surface area contributed by atoms with Crippen molar-refractivity contribution in [3.8, 4) is 17.2 Å². The molecule has 0 unspecified atom stereocenters. The molecule has 0 aliphatic carbocycles. The molecule has 1 aliphatic rings. The summed E-state index contributed by atoms with van der Waals surface area (Å²) in [5.74, 6) is 3.06. The van der Waals surface area contributed by atoms with Gasteiger partial charge in [-0.2, -0.15) is 0 Å². The maximum Gasteiger partial charge on any atom is 0.173 e. The number of aromatic nitrogens is 4. The van der Waals surface area contributed by atoms with E-state index in [0.717, 1.165) is 49.0 Å². The van der Waals surface area contributed by atoms with Gasteiger partial charge in [0, 0.05) is 31.7 Å². The normalized spacial score (nSPS) is 15.8. The van der Waals surface area contributed by atoms with Gasteiger partial charge in [0.2, 0.25) is 0 Å². The van der Waals surface area contributed by atoms with Crippen molar-refractivity contribution in [2.24, 2.45) is 0 Å². The highest BCUT2D eigenvalue weighted by molar-refractivity contribution is 5.58. The Morgan fingerprint density at radius 1 is 0.824 bits per heavy atom. The highest BCUT2D eigenvalue weighted by Gasteiger charge is 2.35. The summed E-state index contributed by atoms with van der Waals surface area (Å²) in [6, 6.07) is 13.9. The molecule has 1 saturated heterocycles. The van der Waals surface area contributed by atoms with Crippen molar-refractivity contribution in [3.05, 3.63) is 53.9 Å². The fourth-order valence-corrected chi connectivity index (χ4v) is 4.58. The van der Waals surface area contributed by atoms with Gasteiger partial charge in [0.15, 0.2) is 17.3 Å². The van der Waals surface area contributed by atoms with Crippen LogP contribution in [0, 0.1) is 0 Å². The van der Waals surface area contributed by atoms with E-state index in [0.29, 0.717) is 11.5 Å². The smallest absolute Gasteiger partial charge is 0.173 e. The van der Waals surface area contributed by atoms with Crippen LogP contribution in [0.1, 0.15) is 38.2 Å². The van der Waals surface area contributed by atoms with E-state index in [9.17, 15) is 0 Å². The molecule has 34 heavy (non-hydrogen) atoms. The monoisotopic (exact) mass is 466 g/mol. The molecule has 2 aromatic carbocycles. The van der Waals surface area contributed by atoms with Gasteiger partial charge in [0.1, 0.15) is 11.8 Å². The Morgan fingerprint density at radius 3 is 2.15 bits per heavy atom. The van der Waals surface area contributed by atoms with Crippen LogP contribution in [-0.2, 0) is 5.54 Å². The summed E-state index contributed by atoms with van der Waals surface area (Å²) >= 11 is 0. The minimum Gasteiger partial charge on any atom is -0.495 e. The van der Waals surface area contributed by atoms with Crippen molar-refractivity contribution in [1.82, 2.24) is 25.1 Å². The third-order valence-corrected chi connectivity index (χ3v) is 6.21. The number of ether oxygens (including phenoxy) is 3. The van der Waals surface area contributed by atoms with E-state index in [4.69, 9.17) is 14.2 Å². The van der Waals surface area contributed by atoms with Gasteiger partial charge < -0.3 is 19.1 Å². The van der Waals surface area contributed by atoms with Crippen molar-refractivity contribution < 1.29 is 14.2 Å². The van der Waals surface area contributed by atoms with Gasteiger partial charge in [-0.15, -0.1) is 5.10 Å². The number of methoxy groups -OCH3 is 3. The Labute approximate surface area is 201 Å². The summed E-state index contributed by atoms with van der Waals surface area (Å²) in [6.07, 6.45) is 0. The van der Waals surface area contributed by atoms with Gasteiger partial charge in [0.05, 0.1) is 32.6 Å². The molecule has 0 amide bonds. The zero-order valence-corrected chi connectivity index (χ0v) is 20.9. The zero-order chi connectivity index (χ0) is 24.3. The molecule has 0 spiro atoms. The summed E-state index contributed by atoms with van der Waals surface area (Å²) < 4.78 is 18.9. The second-order valence-electron chi connectivity index (χ2n) is 9.30. The minimum absolute atomic E-state index is 0.195. The lowest BCUT2D eigenvalue weighted by atomic mass is 10.00. The van der Waals surface area contributed by atoms with Crippen LogP contribution in [0.4, 0.5) is 5.69 Å². The average Bonchev–Trinajstić information content (AvgIpc) is 3.34. The summed E-state index contributed by atoms with van der Waals surface area (Å²) in [4.78, 5) is 4.78. The lowest BCUT2D eigenvalue weighted by molar-refractivity contribution is 0.187. The van der Waals surface area contributed by atoms with E-state index < -0.39 is 0 Å². The Hall–Kier alpha value is -3.33. The topological polar surface area (TPSA) is 77.8 Å². The molecule has 4 rings (SSSR count). The molecule has 0 N–H and O–H groups in total. The first kappa shape index (κ1) is 23.8. The molecular formula is C25H34N6O3. The molecule has 1 fully saturated rings. The number of hydrogen-bond donors (Lipinski definition) is 0. The summed E-state index contributed by atoms with van der Waals surface area (Å²) in [5, 5.41) is 12.9. The van der Waals surface area contributed by atoms with E-state index in [2.05, 4.69) is 58.2 Å². The van der Waals surface area contributed by atoms with Crippen LogP contribution in [0.5, 0.6) is 17.2 Å². The Balaban J connectivity index is 1.72. The fraction of sp³-hybridized carbons (Fsp3) is 0.480. The van der Waals surface area contributed by atoms with Gasteiger partial charge in [-0.05, 0) is 49.4 Å². The maximum atomic E-state index is 5.83. The van der Waals surface area contributed by atoms with E-state index in [1.54, 1.807) is 21.3 Å². The predicted octanol–water partition coefficient (Wildman–Crippen LogP) is 3.37. The molecule has 9 nitrogen and oxygen atoms in total.